The molecule has 9 nitrogen and oxygen atoms in total. The minimum Gasteiger partial charge on any atom is -0.338 e. The second-order valence-corrected chi connectivity index (χ2v) is 11.5. The molecule has 0 fully saturated rings. The zero-order chi connectivity index (χ0) is 28.0. The number of fused-ring (bicyclic) bond motifs is 2. The van der Waals surface area contributed by atoms with Crippen molar-refractivity contribution >= 4 is 49.7 Å². The van der Waals surface area contributed by atoms with Gasteiger partial charge in [0, 0.05) is 10.6 Å². The fourth-order valence-electron chi connectivity index (χ4n) is 4.46. The van der Waals surface area contributed by atoms with E-state index in [0.717, 1.165) is 33.5 Å². The van der Waals surface area contributed by atoms with Gasteiger partial charge in [-0.3, -0.25) is 4.79 Å². The third-order valence-electron chi connectivity index (χ3n) is 6.62. The molecule has 0 aliphatic heterocycles. The SMILES string of the molecule is Cc1ccc(S(=O)(=O)NC(=O)c2ccc3nc(C)n(Cc4ccc(-c5nc6ccccc6[nH]5)cc4Cl)c3n2)cc1. The number of para-hydroxylation sites is 2. The smallest absolute Gasteiger partial charge is 0.283 e. The predicted molar refractivity (Wildman–Crippen MR) is 154 cm³/mol. The number of hydrogen-bond acceptors (Lipinski definition) is 6. The Kier molecular flexibility index (Phi) is 6.36. The van der Waals surface area contributed by atoms with Crippen LogP contribution in [-0.4, -0.2) is 38.8 Å². The van der Waals surface area contributed by atoms with Gasteiger partial charge in [-0.2, -0.15) is 0 Å². The molecule has 3 aromatic carbocycles. The van der Waals surface area contributed by atoms with Gasteiger partial charge in [0.25, 0.3) is 15.9 Å². The quantitative estimate of drug-likeness (QED) is 0.276. The van der Waals surface area contributed by atoms with Gasteiger partial charge < -0.3 is 9.55 Å². The molecule has 200 valence electrons. The first-order valence-corrected chi connectivity index (χ1v) is 14.3. The molecular formula is C29H23ClN6O3S. The van der Waals surface area contributed by atoms with Gasteiger partial charge in [-0.05, 0) is 61.9 Å². The first-order chi connectivity index (χ1) is 19.2. The number of benzene rings is 3. The fraction of sp³-hybridized carbons (Fsp3) is 0.103. The molecule has 0 bridgehead atoms. The monoisotopic (exact) mass is 570 g/mol. The molecule has 0 saturated heterocycles. The van der Waals surface area contributed by atoms with Crippen LogP contribution in [0.2, 0.25) is 5.02 Å². The normalized spacial score (nSPS) is 11.8. The van der Waals surface area contributed by atoms with E-state index in [1.165, 1.54) is 18.2 Å². The Labute approximate surface area is 234 Å². The lowest BCUT2D eigenvalue weighted by Gasteiger charge is -2.10. The number of carbonyl (C=O) groups excluding carboxylic acids is 1. The summed E-state index contributed by atoms with van der Waals surface area (Å²) in [4.78, 5) is 29.9. The molecule has 6 rings (SSSR count). The van der Waals surface area contributed by atoms with Gasteiger partial charge in [-0.25, -0.2) is 28.1 Å². The molecule has 11 heteroatoms. The molecule has 0 aliphatic carbocycles. The Morgan fingerprint density at radius 2 is 1.70 bits per heavy atom. The third-order valence-corrected chi connectivity index (χ3v) is 8.32. The summed E-state index contributed by atoms with van der Waals surface area (Å²) in [7, 11) is -4.06. The van der Waals surface area contributed by atoms with E-state index in [1.54, 1.807) is 18.2 Å². The number of aromatic nitrogens is 5. The number of carbonyl (C=O) groups is 1. The molecule has 0 saturated carbocycles. The van der Waals surface area contributed by atoms with Crippen LogP contribution >= 0.6 is 11.6 Å². The van der Waals surface area contributed by atoms with Gasteiger partial charge in [-0.1, -0.05) is 53.6 Å². The third kappa shape index (κ3) is 4.83. The maximum Gasteiger partial charge on any atom is 0.283 e. The zero-order valence-corrected chi connectivity index (χ0v) is 23.1. The number of aromatic amines is 1. The van der Waals surface area contributed by atoms with E-state index in [9.17, 15) is 13.2 Å². The molecule has 2 N–H and O–H groups in total. The van der Waals surface area contributed by atoms with Crippen LogP contribution in [0.15, 0.2) is 83.8 Å². The molecule has 0 unspecified atom stereocenters. The molecule has 3 aromatic heterocycles. The van der Waals surface area contributed by atoms with Crippen molar-refractivity contribution in [3.63, 3.8) is 0 Å². The van der Waals surface area contributed by atoms with Crippen LogP contribution in [0, 0.1) is 13.8 Å². The number of amides is 1. The zero-order valence-electron chi connectivity index (χ0n) is 21.5. The Hall–Kier alpha value is -4.54. The first kappa shape index (κ1) is 25.7. The maximum absolute atomic E-state index is 12.9. The largest absolute Gasteiger partial charge is 0.338 e. The highest BCUT2D eigenvalue weighted by atomic mass is 35.5. The number of H-pyrrole nitrogens is 1. The van der Waals surface area contributed by atoms with Crippen LogP contribution in [0.3, 0.4) is 0 Å². The Morgan fingerprint density at radius 3 is 2.45 bits per heavy atom. The van der Waals surface area contributed by atoms with Crippen LogP contribution in [0.25, 0.3) is 33.6 Å². The lowest BCUT2D eigenvalue weighted by atomic mass is 10.1. The molecule has 0 spiro atoms. The number of hydrogen-bond donors (Lipinski definition) is 2. The van der Waals surface area contributed by atoms with Crippen LogP contribution in [-0.2, 0) is 16.6 Å². The van der Waals surface area contributed by atoms with Gasteiger partial charge in [0.15, 0.2) is 5.65 Å². The number of aryl methyl sites for hydroxylation is 2. The highest BCUT2D eigenvalue weighted by molar-refractivity contribution is 7.90. The predicted octanol–water partition coefficient (Wildman–Crippen LogP) is 5.41. The average molecular weight is 571 g/mol. The van der Waals surface area contributed by atoms with Crippen molar-refractivity contribution in [3.05, 3.63) is 107 Å². The number of pyridine rings is 1. The Morgan fingerprint density at radius 1 is 0.925 bits per heavy atom. The lowest BCUT2D eigenvalue weighted by Crippen LogP contribution is -2.31. The summed E-state index contributed by atoms with van der Waals surface area (Å²) in [6, 6.07) is 22.8. The van der Waals surface area contributed by atoms with Crippen LogP contribution in [0.5, 0.6) is 0 Å². The van der Waals surface area contributed by atoms with Crippen LogP contribution in [0.4, 0.5) is 0 Å². The van der Waals surface area contributed by atoms with Crippen molar-refractivity contribution in [1.29, 1.82) is 0 Å². The van der Waals surface area contributed by atoms with Gasteiger partial charge >= 0.3 is 0 Å². The summed E-state index contributed by atoms with van der Waals surface area (Å²) in [6.45, 7) is 4.03. The number of rotatable bonds is 6. The molecule has 0 radical (unpaired) electrons. The van der Waals surface area contributed by atoms with Gasteiger partial charge in [-0.15, -0.1) is 0 Å². The maximum atomic E-state index is 12.9. The molecule has 3 heterocycles. The van der Waals surface area contributed by atoms with E-state index in [1.807, 2.05) is 60.9 Å². The number of halogens is 1. The second-order valence-electron chi connectivity index (χ2n) is 9.44. The number of imidazole rings is 2. The molecular weight excluding hydrogens is 548 g/mol. The number of nitrogens with zero attached hydrogens (tertiary/aromatic N) is 4. The van der Waals surface area contributed by atoms with E-state index in [0.29, 0.717) is 28.6 Å². The summed E-state index contributed by atoms with van der Waals surface area (Å²) < 4.78 is 29.4. The van der Waals surface area contributed by atoms with Crippen molar-refractivity contribution in [2.75, 3.05) is 0 Å². The summed E-state index contributed by atoms with van der Waals surface area (Å²) in [6.07, 6.45) is 0. The van der Waals surface area contributed by atoms with Crippen molar-refractivity contribution in [2.45, 2.75) is 25.3 Å². The van der Waals surface area contributed by atoms with Gasteiger partial charge in [0.05, 0.1) is 22.5 Å². The van der Waals surface area contributed by atoms with E-state index < -0.39 is 15.9 Å². The topological polar surface area (TPSA) is 123 Å². The Bertz CT molecular complexity index is 2000. The Balaban J connectivity index is 1.28. The standard InChI is InChI=1S/C29H23ClN6O3S/c1-17-7-11-21(12-8-17)40(38,39)35-29(37)26-14-13-25-28(34-26)36(18(2)31-25)16-20-10-9-19(15-22(20)30)27-32-23-5-3-4-6-24(23)33-27/h3-15H,16H2,1-2H3,(H,32,33)(H,35,37). The highest BCUT2D eigenvalue weighted by Gasteiger charge is 2.21. The molecule has 40 heavy (non-hydrogen) atoms. The summed E-state index contributed by atoms with van der Waals surface area (Å²) >= 11 is 6.69. The lowest BCUT2D eigenvalue weighted by molar-refractivity contribution is 0.0977. The van der Waals surface area contributed by atoms with Crippen molar-refractivity contribution in [2.24, 2.45) is 0 Å². The van der Waals surface area contributed by atoms with E-state index in [2.05, 4.69) is 24.7 Å². The fourth-order valence-corrected chi connectivity index (χ4v) is 5.67. The van der Waals surface area contributed by atoms with E-state index in [-0.39, 0.29) is 10.6 Å². The molecule has 0 aliphatic rings. The minimum atomic E-state index is -4.06. The van der Waals surface area contributed by atoms with E-state index in [4.69, 9.17) is 11.6 Å². The summed E-state index contributed by atoms with van der Waals surface area (Å²) in [5.74, 6) is 0.558. The van der Waals surface area contributed by atoms with Crippen LogP contribution < -0.4 is 4.72 Å². The molecule has 1 amide bonds. The second kappa shape index (κ2) is 9.89. The van der Waals surface area contributed by atoms with Crippen molar-refractivity contribution < 1.29 is 13.2 Å². The highest BCUT2D eigenvalue weighted by Crippen LogP contribution is 2.27. The molecule has 0 atom stereocenters. The average Bonchev–Trinajstić information content (AvgIpc) is 3.50. The van der Waals surface area contributed by atoms with Gasteiger partial charge in [0.1, 0.15) is 22.9 Å². The van der Waals surface area contributed by atoms with Crippen molar-refractivity contribution in [1.82, 2.24) is 29.2 Å². The van der Waals surface area contributed by atoms with E-state index >= 15 is 0 Å². The van der Waals surface area contributed by atoms with Crippen molar-refractivity contribution in [3.8, 4) is 11.4 Å². The summed E-state index contributed by atoms with van der Waals surface area (Å²) in [5.41, 5.74) is 5.36. The summed E-state index contributed by atoms with van der Waals surface area (Å²) in [5, 5.41) is 0.539. The minimum absolute atomic E-state index is 0.00542. The number of nitrogens with one attached hydrogen (secondary N) is 2. The van der Waals surface area contributed by atoms with Gasteiger partial charge in [0.2, 0.25) is 0 Å². The molecule has 6 aromatic rings. The van der Waals surface area contributed by atoms with Crippen LogP contribution in [0.1, 0.15) is 27.4 Å². The number of sulfonamides is 1. The first-order valence-electron chi connectivity index (χ1n) is 12.4.